The van der Waals surface area contributed by atoms with Gasteiger partial charge in [-0.25, -0.2) is 0 Å². The molecule has 80 valence electrons. The van der Waals surface area contributed by atoms with Crippen LogP contribution in [0.2, 0.25) is 0 Å². The lowest BCUT2D eigenvalue weighted by Crippen LogP contribution is -1.93. The first kappa shape index (κ1) is 10.1. The number of methoxy groups -OCH3 is 2. The molecule has 0 aliphatic carbocycles. The van der Waals surface area contributed by atoms with Gasteiger partial charge in [0.15, 0.2) is 0 Å². The molecule has 1 heterocycles. The SMILES string of the molecule is COCc1cc2cc(C)[nH]c2cc1OC. The van der Waals surface area contributed by atoms with Crippen LogP contribution in [0, 0.1) is 6.92 Å². The molecule has 0 fully saturated rings. The Morgan fingerprint density at radius 1 is 1.20 bits per heavy atom. The standard InChI is InChI=1S/C12H15NO2/c1-8-4-9-5-10(7-14-2)12(15-3)6-11(9)13-8/h4-6,13H,7H2,1-3H3. The lowest BCUT2D eigenvalue weighted by molar-refractivity contribution is 0.182. The van der Waals surface area contributed by atoms with Crippen LogP contribution in [0.15, 0.2) is 18.2 Å². The van der Waals surface area contributed by atoms with Gasteiger partial charge in [-0.2, -0.15) is 0 Å². The highest BCUT2D eigenvalue weighted by Crippen LogP contribution is 2.26. The maximum absolute atomic E-state index is 5.32. The van der Waals surface area contributed by atoms with Crippen molar-refractivity contribution in [3.63, 3.8) is 0 Å². The molecule has 0 saturated heterocycles. The first-order chi connectivity index (χ1) is 7.24. The Morgan fingerprint density at radius 2 is 2.00 bits per heavy atom. The first-order valence-electron chi connectivity index (χ1n) is 4.89. The number of benzene rings is 1. The number of aryl methyl sites for hydroxylation is 1. The molecule has 0 aliphatic rings. The van der Waals surface area contributed by atoms with Crippen LogP contribution in [0.5, 0.6) is 5.75 Å². The van der Waals surface area contributed by atoms with Gasteiger partial charge in [-0.1, -0.05) is 0 Å². The highest BCUT2D eigenvalue weighted by atomic mass is 16.5. The van der Waals surface area contributed by atoms with Gasteiger partial charge in [-0.05, 0) is 19.1 Å². The van der Waals surface area contributed by atoms with Crippen LogP contribution in [-0.4, -0.2) is 19.2 Å². The minimum atomic E-state index is 0.573. The Morgan fingerprint density at radius 3 is 2.67 bits per heavy atom. The van der Waals surface area contributed by atoms with Gasteiger partial charge in [0.1, 0.15) is 5.75 Å². The third kappa shape index (κ3) is 1.83. The van der Waals surface area contributed by atoms with Gasteiger partial charge in [-0.3, -0.25) is 0 Å². The number of H-pyrrole nitrogens is 1. The van der Waals surface area contributed by atoms with E-state index in [1.165, 1.54) is 5.39 Å². The summed E-state index contributed by atoms with van der Waals surface area (Å²) in [4.78, 5) is 3.28. The third-order valence-electron chi connectivity index (χ3n) is 2.46. The normalized spacial score (nSPS) is 10.9. The van der Waals surface area contributed by atoms with Gasteiger partial charge in [0, 0.05) is 35.3 Å². The predicted molar refractivity (Wildman–Crippen MR) is 60.3 cm³/mol. The number of aromatic amines is 1. The lowest BCUT2D eigenvalue weighted by atomic mass is 10.1. The second-order valence-corrected chi connectivity index (χ2v) is 3.64. The Bertz CT molecular complexity index is 474. The summed E-state index contributed by atoms with van der Waals surface area (Å²) in [6, 6.07) is 6.23. The first-order valence-corrected chi connectivity index (χ1v) is 4.89. The van der Waals surface area contributed by atoms with Crippen LogP contribution >= 0.6 is 0 Å². The van der Waals surface area contributed by atoms with Crippen molar-refractivity contribution in [2.24, 2.45) is 0 Å². The predicted octanol–water partition coefficient (Wildman–Crippen LogP) is 2.63. The molecule has 3 nitrogen and oxygen atoms in total. The van der Waals surface area contributed by atoms with Crippen molar-refractivity contribution in [3.05, 3.63) is 29.5 Å². The summed E-state index contributed by atoms with van der Waals surface area (Å²) in [6.07, 6.45) is 0. The fourth-order valence-corrected chi connectivity index (χ4v) is 1.81. The minimum Gasteiger partial charge on any atom is -0.496 e. The highest BCUT2D eigenvalue weighted by molar-refractivity contribution is 5.83. The number of hydrogen-bond acceptors (Lipinski definition) is 2. The Kier molecular flexibility index (Phi) is 2.64. The van der Waals surface area contributed by atoms with Crippen molar-refractivity contribution < 1.29 is 9.47 Å². The van der Waals surface area contributed by atoms with E-state index in [1.54, 1.807) is 14.2 Å². The van der Waals surface area contributed by atoms with Crippen molar-refractivity contribution in [2.45, 2.75) is 13.5 Å². The Balaban J connectivity index is 2.57. The fraction of sp³-hybridized carbons (Fsp3) is 0.333. The Hall–Kier alpha value is -1.48. The van der Waals surface area contributed by atoms with E-state index in [-0.39, 0.29) is 0 Å². The quantitative estimate of drug-likeness (QED) is 0.835. The zero-order valence-electron chi connectivity index (χ0n) is 9.26. The van der Waals surface area contributed by atoms with Crippen LogP contribution in [0.1, 0.15) is 11.3 Å². The Labute approximate surface area is 89.0 Å². The van der Waals surface area contributed by atoms with Crippen molar-refractivity contribution in [2.75, 3.05) is 14.2 Å². The van der Waals surface area contributed by atoms with Gasteiger partial charge in [0.2, 0.25) is 0 Å². The summed E-state index contributed by atoms with van der Waals surface area (Å²) in [7, 11) is 3.36. The highest BCUT2D eigenvalue weighted by Gasteiger charge is 2.06. The van der Waals surface area contributed by atoms with E-state index in [1.807, 2.05) is 13.0 Å². The van der Waals surface area contributed by atoms with Crippen molar-refractivity contribution >= 4 is 10.9 Å². The van der Waals surface area contributed by atoms with E-state index < -0.39 is 0 Å². The van der Waals surface area contributed by atoms with Crippen molar-refractivity contribution in [3.8, 4) is 5.75 Å². The number of fused-ring (bicyclic) bond motifs is 1. The van der Waals surface area contributed by atoms with Crippen molar-refractivity contribution in [1.29, 1.82) is 0 Å². The molecule has 2 rings (SSSR count). The van der Waals surface area contributed by atoms with Crippen LogP contribution < -0.4 is 4.74 Å². The number of aromatic nitrogens is 1. The molecule has 0 saturated carbocycles. The molecule has 3 heteroatoms. The maximum atomic E-state index is 5.32. The van der Waals surface area contributed by atoms with Crippen LogP contribution in [0.4, 0.5) is 0 Å². The average Bonchev–Trinajstić information content (AvgIpc) is 2.56. The number of ether oxygens (including phenoxy) is 2. The van der Waals surface area contributed by atoms with E-state index in [9.17, 15) is 0 Å². The van der Waals surface area contributed by atoms with E-state index in [2.05, 4.69) is 17.1 Å². The van der Waals surface area contributed by atoms with E-state index in [0.717, 1.165) is 22.5 Å². The summed E-state index contributed by atoms with van der Waals surface area (Å²) in [5.74, 6) is 0.867. The number of rotatable bonds is 3. The summed E-state index contributed by atoms with van der Waals surface area (Å²) >= 11 is 0. The van der Waals surface area contributed by atoms with Gasteiger partial charge in [-0.15, -0.1) is 0 Å². The summed E-state index contributed by atoms with van der Waals surface area (Å²) < 4.78 is 10.5. The molecule has 0 spiro atoms. The van der Waals surface area contributed by atoms with Crippen LogP contribution in [-0.2, 0) is 11.3 Å². The minimum absolute atomic E-state index is 0.573. The molecule has 1 N–H and O–H groups in total. The van der Waals surface area contributed by atoms with Gasteiger partial charge < -0.3 is 14.5 Å². The molecule has 0 atom stereocenters. The topological polar surface area (TPSA) is 34.2 Å². The van der Waals surface area contributed by atoms with E-state index in [0.29, 0.717) is 6.61 Å². The number of hydrogen-bond donors (Lipinski definition) is 1. The van der Waals surface area contributed by atoms with Crippen LogP contribution in [0.3, 0.4) is 0 Å². The molecule has 0 amide bonds. The van der Waals surface area contributed by atoms with E-state index >= 15 is 0 Å². The molecular weight excluding hydrogens is 190 g/mol. The largest absolute Gasteiger partial charge is 0.496 e. The van der Waals surface area contributed by atoms with Gasteiger partial charge >= 0.3 is 0 Å². The molecule has 0 bridgehead atoms. The number of nitrogens with one attached hydrogen (secondary N) is 1. The molecule has 0 unspecified atom stereocenters. The third-order valence-corrected chi connectivity index (χ3v) is 2.46. The molecule has 2 aromatic rings. The van der Waals surface area contributed by atoms with Crippen LogP contribution in [0.25, 0.3) is 10.9 Å². The zero-order valence-corrected chi connectivity index (χ0v) is 9.26. The molecule has 15 heavy (non-hydrogen) atoms. The average molecular weight is 205 g/mol. The molecular formula is C12H15NO2. The monoisotopic (exact) mass is 205 g/mol. The van der Waals surface area contributed by atoms with Gasteiger partial charge in [0.25, 0.3) is 0 Å². The van der Waals surface area contributed by atoms with E-state index in [4.69, 9.17) is 9.47 Å². The molecule has 1 aromatic heterocycles. The lowest BCUT2D eigenvalue weighted by Gasteiger charge is -2.07. The van der Waals surface area contributed by atoms with Crippen molar-refractivity contribution in [1.82, 2.24) is 4.98 Å². The smallest absolute Gasteiger partial charge is 0.126 e. The maximum Gasteiger partial charge on any atom is 0.126 e. The second-order valence-electron chi connectivity index (χ2n) is 3.64. The summed E-state index contributed by atoms with van der Waals surface area (Å²) in [5, 5.41) is 1.19. The second kappa shape index (κ2) is 3.95. The molecule has 0 radical (unpaired) electrons. The van der Waals surface area contributed by atoms with Gasteiger partial charge in [0.05, 0.1) is 13.7 Å². The fourth-order valence-electron chi connectivity index (χ4n) is 1.81. The molecule has 1 aromatic carbocycles. The molecule has 0 aliphatic heterocycles. The zero-order chi connectivity index (χ0) is 10.8. The summed E-state index contributed by atoms with van der Waals surface area (Å²) in [6.45, 7) is 2.62. The summed E-state index contributed by atoms with van der Waals surface area (Å²) in [5.41, 5.74) is 3.33.